The Bertz CT molecular complexity index is 1410. The molecule has 32 heavy (non-hydrogen) atoms. The van der Waals surface area contributed by atoms with Crippen LogP contribution >= 0.6 is 0 Å². The van der Waals surface area contributed by atoms with Crippen LogP contribution in [0.5, 0.6) is 0 Å². The highest BCUT2D eigenvalue weighted by Crippen LogP contribution is 2.33. The van der Waals surface area contributed by atoms with Crippen molar-refractivity contribution in [2.75, 3.05) is 13.1 Å². The molecule has 2 aromatic heterocycles. The lowest BCUT2D eigenvalue weighted by Crippen LogP contribution is -2.28. The number of aromatic nitrogens is 3. The summed E-state index contributed by atoms with van der Waals surface area (Å²) in [6.07, 6.45) is 6.46. The molecule has 0 saturated carbocycles. The molecule has 164 valence electrons. The Labute approximate surface area is 184 Å². The lowest BCUT2D eigenvalue weighted by molar-refractivity contribution is -0.127. The first-order valence-electron chi connectivity index (χ1n) is 10.4. The quantitative estimate of drug-likeness (QED) is 0.449. The lowest BCUT2D eigenvalue weighted by Gasteiger charge is -2.14. The minimum Gasteiger partial charge on any atom is -0.341 e. The van der Waals surface area contributed by atoms with Gasteiger partial charge in [-0.3, -0.25) is 9.48 Å². The second kappa shape index (κ2) is 7.90. The maximum atomic E-state index is 14.0. The maximum absolute atomic E-state index is 14.0. The normalized spacial score (nSPS) is 14.5. The van der Waals surface area contributed by atoms with E-state index in [0.29, 0.717) is 30.5 Å². The Morgan fingerprint density at radius 3 is 2.59 bits per heavy atom. The molecule has 0 N–H and O–H groups in total. The third kappa shape index (κ3) is 3.58. The van der Waals surface area contributed by atoms with E-state index in [9.17, 15) is 17.6 Å². The second-order valence-electron chi connectivity index (χ2n) is 7.79. The van der Waals surface area contributed by atoms with Crippen LogP contribution in [0.15, 0.2) is 72.0 Å². The number of nitrogens with zero attached hydrogens (tertiary/aromatic N) is 4. The van der Waals surface area contributed by atoms with Crippen LogP contribution in [-0.2, 0) is 21.4 Å². The van der Waals surface area contributed by atoms with Gasteiger partial charge in [-0.05, 0) is 36.8 Å². The van der Waals surface area contributed by atoms with E-state index in [1.807, 2.05) is 11.1 Å². The number of carbonyl (C=O) groups is 1. The second-order valence-corrected chi connectivity index (χ2v) is 9.61. The fourth-order valence-corrected chi connectivity index (χ4v) is 5.48. The number of benzene rings is 2. The van der Waals surface area contributed by atoms with Gasteiger partial charge in [0.2, 0.25) is 5.91 Å². The molecule has 1 aliphatic rings. The van der Waals surface area contributed by atoms with E-state index in [2.05, 4.69) is 5.10 Å². The van der Waals surface area contributed by atoms with Crippen LogP contribution in [0, 0.1) is 5.82 Å². The molecule has 1 amide bonds. The first kappa shape index (κ1) is 20.4. The maximum Gasteiger partial charge on any atom is 0.268 e. The van der Waals surface area contributed by atoms with Crippen LogP contribution in [0.2, 0.25) is 0 Å². The molecule has 2 aromatic carbocycles. The van der Waals surface area contributed by atoms with Crippen molar-refractivity contribution in [2.45, 2.75) is 24.3 Å². The molecule has 1 aliphatic heterocycles. The summed E-state index contributed by atoms with van der Waals surface area (Å²) >= 11 is 0. The fourth-order valence-electron chi connectivity index (χ4n) is 4.09. The van der Waals surface area contributed by atoms with Gasteiger partial charge in [0.05, 0.1) is 23.2 Å². The zero-order valence-corrected chi connectivity index (χ0v) is 18.0. The number of hydrogen-bond acceptors (Lipinski definition) is 4. The first-order chi connectivity index (χ1) is 15.4. The van der Waals surface area contributed by atoms with E-state index in [1.165, 1.54) is 30.5 Å². The van der Waals surface area contributed by atoms with Crippen molar-refractivity contribution in [3.8, 4) is 11.1 Å². The Kier molecular flexibility index (Phi) is 5.05. The van der Waals surface area contributed by atoms with Crippen molar-refractivity contribution in [3.63, 3.8) is 0 Å². The summed E-state index contributed by atoms with van der Waals surface area (Å²) in [6, 6.07) is 12.2. The molecule has 0 bridgehead atoms. The van der Waals surface area contributed by atoms with Crippen molar-refractivity contribution in [1.29, 1.82) is 0 Å². The summed E-state index contributed by atoms with van der Waals surface area (Å²) in [7, 11) is -3.91. The molecular formula is C23H21FN4O3S. The molecule has 9 heteroatoms. The van der Waals surface area contributed by atoms with Gasteiger partial charge in [0, 0.05) is 48.4 Å². The number of likely N-dealkylation sites (tertiary alicyclic amines) is 1. The molecule has 0 radical (unpaired) electrons. The molecule has 4 aromatic rings. The van der Waals surface area contributed by atoms with Gasteiger partial charge in [-0.15, -0.1) is 0 Å². The predicted molar refractivity (Wildman–Crippen MR) is 118 cm³/mol. The summed E-state index contributed by atoms with van der Waals surface area (Å²) in [4.78, 5) is 13.8. The van der Waals surface area contributed by atoms with Gasteiger partial charge in [0.15, 0.2) is 0 Å². The van der Waals surface area contributed by atoms with E-state index in [-0.39, 0.29) is 16.3 Å². The summed E-state index contributed by atoms with van der Waals surface area (Å²) in [5, 5.41) is 4.99. The zero-order valence-electron chi connectivity index (χ0n) is 17.2. The van der Waals surface area contributed by atoms with Crippen LogP contribution in [0.1, 0.15) is 12.8 Å². The molecule has 0 atom stereocenters. The largest absolute Gasteiger partial charge is 0.341 e. The molecule has 0 unspecified atom stereocenters. The Balaban J connectivity index is 1.53. The molecule has 0 aliphatic carbocycles. The Hall–Kier alpha value is -3.46. The van der Waals surface area contributed by atoms with Gasteiger partial charge in [0.25, 0.3) is 10.0 Å². The van der Waals surface area contributed by atoms with Crippen LogP contribution in [0.4, 0.5) is 4.39 Å². The third-order valence-corrected chi connectivity index (χ3v) is 7.44. The standard InChI is InChI=1S/C23H21FN4O3S/c24-18-8-9-20-21(17-14-25-27(15-17)12-11-26-10-4-7-23(26)29)16-28(22(20)13-18)32(30,31)19-5-2-1-3-6-19/h1-3,5-6,8-9,13-16H,4,7,10-12H2. The summed E-state index contributed by atoms with van der Waals surface area (Å²) in [5.41, 5.74) is 1.62. The zero-order chi connectivity index (χ0) is 22.3. The van der Waals surface area contributed by atoms with Gasteiger partial charge in [-0.2, -0.15) is 5.10 Å². The van der Waals surface area contributed by atoms with Gasteiger partial charge in [0.1, 0.15) is 5.82 Å². The number of amides is 1. The smallest absolute Gasteiger partial charge is 0.268 e. The highest BCUT2D eigenvalue weighted by atomic mass is 32.2. The molecular weight excluding hydrogens is 431 g/mol. The van der Waals surface area contributed by atoms with E-state index in [0.717, 1.165) is 22.5 Å². The van der Waals surface area contributed by atoms with Crippen molar-refractivity contribution >= 4 is 26.8 Å². The monoisotopic (exact) mass is 452 g/mol. The van der Waals surface area contributed by atoms with Crippen LogP contribution < -0.4 is 0 Å². The van der Waals surface area contributed by atoms with Gasteiger partial charge in [-0.1, -0.05) is 18.2 Å². The minimum atomic E-state index is -3.91. The molecule has 7 nitrogen and oxygen atoms in total. The van der Waals surface area contributed by atoms with Gasteiger partial charge >= 0.3 is 0 Å². The number of hydrogen-bond donors (Lipinski definition) is 0. The van der Waals surface area contributed by atoms with Crippen LogP contribution in [0.3, 0.4) is 0 Å². The number of carbonyl (C=O) groups excluding carboxylic acids is 1. The SMILES string of the molecule is O=C1CCCN1CCn1cc(-c2cn(S(=O)(=O)c3ccccc3)c3cc(F)ccc23)cn1. The van der Waals surface area contributed by atoms with Crippen molar-refractivity contribution in [3.05, 3.63) is 72.9 Å². The Morgan fingerprint density at radius 1 is 1.03 bits per heavy atom. The molecule has 3 heterocycles. The van der Waals surface area contributed by atoms with Gasteiger partial charge < -0.3 is 4.90 Å². The Morgan fingerprint density at radius 2 is 1.84 bits per heavy atom. The fraction of sp³-hybridized carbons (Fsp3) is 0.217. The minimum absolute atomic E-state index is 0.124. The highest BCUT2D eigenvalue weighted by molar-refractivity contribution is 7.90. The third-order valence-electron chi connectivity index (χ3n) is 5.75. The number of halogens is 1. The molecule has 5 rings (SSSR count). The lowest BCUT2D eigenvalue weighted by atomic mass is 10.1. The predicted octanol–water partition coefficient (Wildman–Crippen LogP) is 3.50. The summed E-state index contributed by atoms with van der Waals surface area (Å²) < 4.78 is 43.4. The van der Waals surface area contributed by atoms with E-state index in [1.54, 1.807) is 35.1 Å². The van der Waals surface area contributed by atoms with Crippen LogP contribution in [0.25, 0.3) is 22.0 Å². The average Bonchev–Trinajstić information content (AvgIpc) is 3.51. The van der Waals surface area contributed by atoms with Crippen molar-refractivity contribution in [1.82, 2.24) is 18.7 Å². The van der Waals surface area contributed by atoms with Crippen LogP contribution in [-0.4, -0.2) is 46.1 Å². The highest BCUT2D eigenvalue weighted by Gasteiger charge is 2.23. The molecule has 0 spiro atoms. The van der Waals surface area contributed by atoms with Gasteiger partial charge in [-0.25, -0.2) is 16.8 Å². The summed E-state index contributed by atoms with van der Waals surface area (Å²) in [6.45, 7) is 1.89. The van der Waals surface area contributed by atoms with Crippen molar-refractivity contribution in [2.24, 2.45) is 0 Å². The number of rotatable bonds is 6. The average molecular weight is 453 g/mol. The van der Waals surface area contributed by atoms with E-state index < -0.39 is 15.8 Å². The topological polar surface area (TPSA) is 77.2 Å². The first-order valence-corrected chi connectivity index (χ1v) is 11.8. The molecule has 1 fully saturated rings. The molecule has 1 saturated heterocycles. The van der Waals surface area contributed by atoms with E-state index in [4.69, 9.17) is 0 Å². The number of fused-ring (bicyclic) bond motifs is 1. The summed E-state index contributed by atoms with van der Waals surface area (Å²) in [5.74, 6) is -0.355. The van der Waals surface area contributed by atoms with E-state index >= 15 is 0 Å². The van der Waals surface area contributed by atoms with Crippen molar-refractivity contribution < 1.29 is 17.6 Å².